The Balaban J connectivity index is 1.51. The number of nitrogens with zero attached hydrogens (tertiary/aromatic N) is 1. The Morgan fingerprint density at radius 1 is 0.821 bits per heavy atom. The maximum absolute atomic E-state index is 12.7. The average molecular weight is 388 g/mol. The molecular weight excluding hydrogens is 345 g/mol. The number of hydrogen-bond acceptors (Lipinski definition) is 1. The molecule has 2 aliphatic carbocycles. The summed E-state index contributed by atoms with van der Waals surface area (Å²) in [5.41, 5.74) is 0. The van der Waals surface area contributed by atoms with Crippen LogP contribution in [0.15, 0.2) is 24.1 Å². The fourth-order valence-electron chi connectivity index (χ4n) is 5.39. The predicted octanol–water partition coefficient (Wildman–Crippen LogP) is 8.67. The van der Waals surface area contributed by atoms with Crippen molar-refractivity contribution >= 4 is 0 Å². The van der Waals surface area contributed by atoms with Gasteiger partial charge in [0.2, 0.25) is 0 Å². The van der Waals surface area contributed by atoms with E-state index in [1.807, 2.05) is 6.08 Å². The van der Waals surface area contributed by atoms with Crippen LogP contribution in [0.2, 0.25) is 0 Å². The summed E-state index contributed by atoms with van der Waals surface area (Å²) in [7, 11) is 0. The van der Waals surface area contributed by atoms with Crippen molar-refractivity contribution in [3.8, 4) is 6.07 Å². The molecule has 158 valence electrons. The highest BCUT2D eigenvalue weighted by Crippen LogP contribution is 2.38. The third-order valence-electron chi connectivity index (χ3n) is 7.36. The lowest BCUT2D eigenvalue weighted by atomic mass is 9.74. The van der Waals surface area contributed by atoms with Gasteiger partial charge in [-0.2, -0.15) is 9.65 Å². The van der Waals surface area contributed by atoms with E-state index in [0.717, 1.165) is 30.1 Å². The molecule has 0 spiro atoms. The summed E-state index contributed by atoms with van der Waals surface area (Å²) in [6.45, 7) is 2.31. The van der Waals surface area contributed by atoms with E-state index in [1.54, 1.807) is 6.08 Å². The SMILES string of the molecule is CCCCC[C@H]1CC[C@H](CC[C@H]2CC[C@H](CC/C=C/C=C(\F)C#N)CC2)CC1. The molecular formula is C26H42FN. The van der Waals surface area contributed by atoms with Gasteiger partial charge in [-0.1, -0.05) is 109 Å². The minimum Gasteiger partial charge on any atom is -0.195 e. The number of halogens is 1. The topological polar surface area (TPSA) is 23.8 Å². The third-order valence-corrected chi connectivity index (χ3v) is 7.36. The highest BCUT2D eigenvalue weighted by Gasteiger charge is 2.24. The van der Waals surface area contributed by atoms with Crippen molar-refractivity contribution in [2.75, 3.05) is 0 Å². The Kier molecular flexibility index (Phi) is 11.6. The van der Waals surface area contributed by atoms with Gasteiger partial charge in [-0.3, -0.25) is 0 Å². The summed E-state index contributed by atoms with van der Waals surface area (Å²) in [6, 6.07) is 1.50. The van der Waals surface area contributed by atoms with Crippen LogP contribution in [-0.4, -0.2) is 0 Å². The van der Waals surface area contributed by atoms with Crippen LogP contribution in [0.25, 0.3) is 0 Å². The van der Waals surface area contributed by atoms with Crippen molar-refractivity contribution < 1.29 is 4.39 Å². The second kappa shape index (κ2) is 14.0. The normalized spacial score (nSPS) is 29.1. The summed E-state index contributed by atoms with van der Waals surface area (Å²) in [5, 5.41) is 8.37. The van der Waals surface area contributed by atoms with Crippen LogP contribution in [0.1, 0.15) is 110 Å². The quantitative estimate of drug-likeness (QED) is 0.197. The van der Waals surface area contributed by atoms with Crippen molar-refractivity contribution in [2.24, 2.45) is 23.7 Å². The van der Waals surface area contributed by atoms with E-state index < -0.39 is 5.83 Å². The molecule has 0 unspecified atom stereocenters. The highest BCUT2D eigenvalue weighted by molar-refractivity contribution is 5.18. The molecule has 0 N–H and O–H groups in total. The van der Waals surface area contributed by atoms with Gasteiger partial charge in [0.15, 0.2) is 5.83 Å². The summed E-state index contributed by atoms with van der Waals surface area (Å²) in [4.78, 5) is 0. The first-order valence-electron chi connectivity index (χ1n) is 12.1. The molecule has 28 heavy (non-hydrogen) atoms. The van der Waals surface area contributed by atoms with Gasteiger partial charge in [0.05, 0.1) is 0 Å². The molecule has 0 saturated heterocycles. The Labute approximate surface area is 173 Å². The maximum Gasteiger partial charge on any atom is 0.199 e. The maximum atomic E-state index is 12.7. The van der Waals surface area contributed by atoms with Crippen molar-refractivity contribution in [2.45, 2.75) is 110 Å². The lowest BCUT2D eigenvalue weighted by Crippen LogP contribution is -2.18. The van der Waals surface area contributed by atoms with Crippen LogP contribution in [0.3, 0.4) is 0 Å². The molecule has 0 heterocycles. The molecule has 2 fully saturated rings. The van der Waals surface area contributed by atoms with Gasteiger partial charge in [-0.15, -0.1) is 0 Å². The molecule has 0 aromatic carbocycles. The second-order valence-electron chi connectivity index (χ2n) is 9.48. The van der Waals surface area contributed by atoms with Gasteiger partial charge in [-0.05, 0) is 42.6 Å². The molecule has 2 heteroatoms. The summed E-state index contributed by atoms with van der Waals surface area (Å²) < 4.78 is 12.7. The number of allylic oxidation sites excluding steroid dienone is 4. The third kappa shape index (κ3) is 9.40. The van der Waals surface area contributed by atoms with Crippen molar-refractivity contribution in [1.82, 2.24) is 0 Å². The van der Waals surface area contributed by atoms with Crippen LogP contribution in [-0.2, 0) is 0 Å². The van der Waals surface area contributed by atoms with E-state index in [-0.39, 0.29) is 0 Å². The van der Waals surface area contributed by atoms with Crippen molar-refractivity contribution in [3.05, 3.63) is 24.1 Å². The Morgan fingerprint density at radius 3 is 1.82 bits per heavy atom. The van der Waals surface area contributed by atoms with Gasteiger partial charge in [0.1, 0.15) is 6.07 Å². The monoisotopic (exact) mass is 387 g/mol. The van der Waals surface area contributed by atoms with E-state index in [9.17, 15) is 4.39 Å². The molecule has 2 saturated carbocycles. The number of rotatable bonds is 11. The fourth-order valence-corrected chi connectivity index (χ4v) is 5.39. The lowest BCUT2D eigenvalue weighted by molar-refractivity contribution is 0.209. The van der Waals surface area contributed by atoms with Gasteiger partial charge < -0.3 is 0 Å². The zero-order valence-electron chi connectivity index (χ0n) is 18.2. The molecule has 0 atom stereocenters. The molecule has 2 rings (SSSR count). The van der Waals surface area contributed by atoms with E-state index in [1.165, 1.54) is 108 Å². The van der Waals surface area contributed by atoms with Crippen molar-refractivity contribution in [3.63, 3.8) is 0 Å². The second-order valence-corrected chi connectivity index (χ2v) is 9.48. The molecule has 0 aromatic heterocycles. The minimum absolute atomic E-state index is 0.707. The molecule has 0 amide bonds. The van der Waals surface area contributed by atoms with Crippen LogP contribution < -0.4 is 0 Å². The van der Waals surface area contributed by atoms with Gasteiger partial charge in [0, 0.05) is 0 Å². The Bertz CT molecular complexity index is 499. The zero-order chi connectivity index (χ0) is 20.0. The first-order chi connectivity index (χ1) is 13.7. The largest absolute Gasteiger partial charge is 0.199 e. The summed E-state index contributed by atoms with van der Waals surface area (Å²) >= 11 is 0. The molecule has 1 nitrogen and oxygen atoms in total. The van der Waals surface area contributed by atoms with E-state index in [4.69, 9.17) is 5.26 Å². The first-order valence-corrected chi connectivity index (χ1v) is 12.1. The van der Waals surface area contributed by atoms with E-state index >= 15 is 0 Å². The molecule has 0 radical (unpaired) electrons. The molecule has 0 aromatic rings. The number of hydrogen-bond donors (Lipinski definition) is 0. The summed E-state index contributed by atoms with van der Waals surface area (Å²) in [5.74, 6) is 3.18. The first kappa shape index (κ1) is 23.2. The van der Waals surface area contributed by atoms with Gasteiger partial charge in [0.25, 0.3) is 0 Å². The van der Waals surface area contributed by atoms with Crippen LogP contribution in [0, 0.1) is 35.0 Å². The zero-order valence-corrected chi connectivity index (χ0v) is 18.2. The van der Waals surface area contributed by atoms with Crippen molar-refractivity contribution in [1.29, 1.82) is 5.26 Å². The Hall–Kier alpha value is -1.10. The predicted molar refractivity (Wildman–Crippen MR) is 117 cm³/mol. The molecule has 0 aliphatic heterocycles. The van der Waals surface area contributed by atoms with Gasteiger partial charge >= 0.3 is 0 Å². The lowest BCUT2D eigenvalue weighted by Gasteiger charge is -2.32. The van der Waals surface area contributed by atoms with Crippen LogP contribution in [0.4, 0.5) is 4.39 Å². The highest BCUT2D eigenvalue weighted by atomic mass is 19.1. The minimum atomic E-state index is -0.707. The standard InChI is InChI=1S/C26H42FN/c1-2-3-5-8-22-11-15-24(16-12-22)19-20-25-17-13-23(14-18-25)9-6-4-7-10-26(27)21-28/h4,7,10,22-25H,2-3,5-6,8-9,11-20H2,1H3/b7-4+,26-10-/t22-,23-,24-,25-. The molecule has 0 bridgehead atoms. The average Bonchev–Trinajstić information content (AvgIpc) is 2.74. The van der Waals surface area contributed by atoms with E-state index in [0.29, 0.717) is 0 Å². The molecule has 2 aliphatic rings. The van der Waals surface area contributed by atoms with Crippen LogP contribution >= 0.6 is 0 Å². The fraction of sp³-hybridized carbons (Fsp3) is 0.808. The number of unbranched alkanes of at least 4 members (excludes halogenated alkanes) is 2. The van der Waals surface area contributed by atoms with E-state index in [2.05, 4.69) is 6.92 Å². The van der Waals surface area contributed by atoms with Gasteiger partial charge in [-0.25, -0.2) is 0 Å². The Morgan fingerprint density at radius 2 is 1.32 bits per heavy atom. The van der Waals surface area contributed by atoms with Crippen LogP contribution in [0.5, 0.6) is 0 Å². The number of nitriles is 1. The summed E-state index contributed by atoms with van der Waals surface area (Å²) in [6.07, 6.45) is 27.4. The smallest absolute Gasteiger partial charge is 0.195 e.